The average molecular weight is 551 g/mol. The second kappa shape index (κ2) is 10.1. The molecule has 4 atom stereocenters. The normalized spacial score (nSPS) is 24.7. The maximum atomic E-state index is 14.4. The van der Waals surface area contributed by atoms with Gasteiger partial charge in [0.1, 0.15) is 24.0 Å². The van der Waals surface area contributed by atoms with Crippen LogP contribution in [-0.4, -0.2) is 39.0 Å². The lowest BCUT2D eigenvalue weighted by Crippen LogP contribution is -2.50. The largest absolute Gasteiger partial charge is 0.475 e. The molecule has 1 saturated carbocycles. The van der Waals surface area contributed by atoms with E-state index in [1.165, 1.54) is 17.6 Å². The highest BCUT2D eigenvalue weighted by molar-refractivity contribution is 7.15. The van der Waals surface area contributed by atoms with Crippen molar-refractivity contribution in [2.75, 3.05) is 0 Å². The number of fused-ring (bicyclic) bond motifs is 2. The molecule has 2 aromatic rings. The number of aliphatic carboxylic acids is 1. The van der Waals surface area contributed by atoms with Gasteiger partial charge in [-0.25, -0.2) is 9.78 Å². The lowest BCUT2D eigenvalue weighted by atomic mass is 9.78. The molecule has 3 heterocycles. The molecule has 1 saturated heterocycles. The Morgan fingerprint density at radius 3 is 2.82 bits per heavy atom. The van der Waals surface area contributed by atoms with Gasteiger partial charge in [-0.05, 0) is 62.6 Å². The SMILES string of the molecule is Cc1nc(C(=O)N2[C@@H]3CC[C@@H](C3)[C@H]2C(C2=CC=CCC2)C2=COC(C(=O)O)=CO2)c(-c2cccc(Cl)c2)s1. The standard InChI is InChI=1S/C29H27ClN2O5S/c1-16-31-25(27(38-16)19-8-5-9-20(30)12-19)28(33)32-21-11-10-18(13-21)26(32)24(17-6-3-2-4-7-17)22-14-37-23(15-36-22)29(34)35/h2-3,5-6,8-9,12,14-15,18,21,24,26H,4,7,10-11,13H2,1H3,(H,34,35)/t18-,21+,24?,26-/m0/s1. The minimum absolute atomic E-state index is 0.0856. The predicted octanol–water partition coefficient (Wildman–Crippen LogP) is 6.47. The van der Waals surface area contributed by atoms with E-state index in [2.05, 4.69) is 12.2 Å². The molecule has 0 spiro atoms. The summed E-state index contributed by atoms with van der Waals surface area (Å²) in [5.74, 6) is -0.977. The lowest BCUT2D eigenvalue weighted by Gasteiger charge is -2.41. The number of halogens is 1. The molecule has 196 valence electrons. The van der Waals surface area contributed by atoms with E-state index in [9.17, 15) is 14.7 Å². The van der Waals surface area contributed by atoms with E-state index < -0.39 is 5.97 Å². The first kappa shape index (κ1) is 24.9. The van der Waals surface area contributed by atoms with Gasteiger partial charge in [0.2, 0.25) is 5.76 Å². The Balaban J connectivity index is 1.40. The molecule has 1 unspecified atom stereocenters. The summed E-state index contributed by atoms with van der Waals surface area (Å²) in [5, 5.41) is 10.7. The van der Waals surface area contributed by atoms with Crippen molar-refractivity contribution in [1.29, 1.82) is 0 Å². The van der Waals surface area contributed by atoms with Crippen molar-refractivity contribution < 1.29 is 24.2 Å². The Hall–Kier alpha value is -3.36. The highest BCUT2D eigenvalue weighted by Gasteiger charge is 2.53. The number of hydrogen-bond donors (Lipinski definition) is 1. The van der Waals surface area contributed by atoms with Crippen LogP contribution in [-0.2, 0) is 14.3 Å². The van der Waals surface area contributed by atoms with Crippen molar-refractivity contribution in [1.82, 2.24) is 9.88 Å². The van der Waals surface area contributed by atoms with Crippen LogP contribution in [0, 0.1) is 18.8 Å². The summed E-state index contributed by atoms with van der Waals surface area (Å²) in [5.41, 5.74) is 2.47. The van der Waals surface area contributed by atoms with Crippen LogP contribution >= 0.6 is 22.9 Å². The molecule has 38 heavy (non-hydrogen) atoms. The number of likely N-dealkylation sites (tertiary alicyclic amines) is 1. The number of carboxylic acid groups (broad SMARTS) is 1. The number of benzene rings is 1. The summed E-state index contributed by atoms with van der Waals surface area (Å²) in [6, 6.07) is 7.48. The third-order valence-electron chi connectivity index (χ3n) is 7.81. The number of nitrogens with zero attached hydrogens (tertiary/aromatic N) is 2. The Kier molecular flexibility index (Phi) is 6.61. The van der Waals surface area contributed by atoms with E-state index in [0.29, 0.717) is 22.4 Å². The van der Waals surface area contributed by atoms with Gasteiger partial charge in [-0.3, -0.25) is 4.79 Å². The van der Waals surface area contributed by atoms with Crippen LogP contribution in [0.2, 0.25) is 5.02 Å². The number of hydrogen-bond acceptors (Lipinski definition) is 6. The fraction of sp³-hybridized carbons (Fsp3) is 0.345. The number of allylic oxidation sites excluding steroid dienone is 3. The molecule has 2 bridgehead atoms. The molecule has 1 N–H and O–H groups in total. The molecule has 1 aromatic carbocycles. The maximum Gasteiger partial charge on any atom is 0.375 e. The molecule has 2 aliphatic carbocycles. The van der Waals surface area contributed by atoms with Gasteiger partial charge in [0.25, 0.3) is 5.91 Å². The highest BCUT2D eigenvalue weighted by Crippen LogP contribution is 2.50. The zero-order valence-electron chi connectivity index (χ0n) is 20.8. The number of carboxylic acids is 1. The Bertz CT molecular complexity index is 1420. The van der Waals surface area contributed by atoms with Crippen LogP contribution in [0.5, 0.6) is 0 Å². The quantitative estimate of drug-likeness (QED) is 0.443. The molecule has 2 aliphatic heterocycles. The van der Waals surface area contributed by atoms with Gasteiger partial charge < -0.3 is 19.5 Å². The number of carbonyl (C=O) groups excluding carboxylic acids is 1. The summed E-state index contributed by atoms with van der Waals surface area (Å²) in [6.45, 7) is 1.91. The van der Waals surface area contributed by atoms with E-state index in [1.54, 1.807) is 0 Å². The van der Waals surface area contributed by atoms with E-state index in [4.69, 9.17) is 26.1 Å². The van der Waals surface area contributed by atoms with Gasteiger partial charge >= 0.3 is 5.97 Å². The zero-order valence-corrected chi connectivity index (χ0v) is 22.4. The van der Waals surface area contributed by atoms with Crippen LogP contribution in [0.25, 0.3) is 10.4 Å². The first-order valence-corrected chi connectivity index (χ1v) is 14.0. The number of ether oxygens (including phenoxy) is 2. The van der Waals surface area contributed by atoms with Gasteiger partial charge in [0.05, 0.1) is 15.8 Å². The van der Waals surface area contributed by atoms with Gasteiger partial charge in [0.15, 0.2) is 0 Å². The lowest BCUT2D eigenvalue weighted by molar-refractivity contribution is -0.136. The second-order valence-corrected chi connectivity index (χ2v) is 11.7. The molecular formula is C29H27ClN2O5S. The van der Waals surface area contributed by atoms with Gasteiger partial charge in [-0.15, -0.1) is 11.3 Å². The van der Waals surface area contributed by atoms with E-state index in [-0.39, 0.29) is 29.7 Å². The average Bonchev–Trinajstić information content (AvgIpc) is 3.64. The molecule has 0 radical (unpaired) electrons. The van der Waals surface area contributed by atoms with Crippen LogP contribution in [0.4, 0.5) is 0 Å². The fourth-order valence-corrected chi connectivity index (χ4v) is 7.37. The molecular weight excluding hydrogens is 524 g/mol. The van der Waals surface area contributed by atoms with Crippen LogP contribution < -0.4 is 0 Å². The second-order valence-electron chi connectivity index (χ2n) is 10.1. The third kappa shape index (κ3) is 4.46. The number of thiazole rings is 1. The summed E-state index contributed by atoms with van der Waals surface area (Å²) in [6.07, 6.45) is 13.4. The van der Waals surface area contributed by atoms with Gasteiger partial charge in [0, 0.05) is 17.1 Å². The first-order valence-electron chi connectivity index (χ1n) is 12.8. The van der Waals surface area contributed by atoms with Crippen molar-refractivity contribution >= 4 is 34.8 Å². The third-order valence-corrected chi connectivity index (χ3v) is 9.06. The number of amides is 1. The van der Waals surface area contributed by atoms with Crippen molar-refractivity contribution in [3.05, 3.63) is 87.8 Å². The highest BCUT2D eigenvalue weighted by atomic mass is 35.5. The minimum atomic E-state index is -1.19. The maximum absolute atomic E-state index is 14.4. The molecule has 4 aliphatic rings. The zero-order chi connectivity index (χ0) is 26.4. The van der Waals surface area contributed by atoms with Crippen LogP contribution in [0.15, 0.2) is 72.1 Å². The van der Waals surface area contributed by atoms with Crippen molar-refractivity contribution in [2.45, 2.75) is 51.1 Å². The summed E-state index contributed by atoms with van der Waals surface area (Å²) >= 11 is 7.78. The molecule has 6 rings (SSSR count). The summed E-state index contributed by atoms with van der Waals surface area (Å²) < 4.78 is 11.3. The number of aryl methyl sites for hydroxylation is 1. The van der Waals surface area contributed by atoms with E-state index >= 15 is 0 Å². The van der Waals surface area contributed by atoms with Crippen LogP contribution in [0.1, 0.15) is 47.6 Å². The number of carbonyl (C=O) groups is 2. The topological polar surface area (TPSA) is 89.0 Å². The van der Waals surface area contributed by atoms with E-state index in [0.717, 1.165) is 59.4 Å². The molecule has 7 nitrogen and oxygen atoms in total. The minimum Gasteiger partial charge on any atom is -0.475 e. The fourth-order valence-electron chi connectivity index (χ4n) is 6.28. The number of piperidine rings is 1. The molecule has 1 amide bonds. The van der Waals surface area contributed by atoms with E-state index in [1.807, 2.05) is 42.2 Å². The van der Waals surface area contributed by atoms with Crippen molar-refractivity contribution in [3.8, 4) is 10.4 Å². The van der Waals surface area contributed by atoms with Gasteiger partial charge in [-0.1, -0.05) is 47.5 Å². The monoisotopic (exact) mass is 550 g/mol. The van der Waals surface area contributed by atoms with Crippen LogP contribution in [0.3, 0.4) is 0 Å². The first-order chi connectivity index (χ1) is 18.4. The molecule has 1 aromatic heterocycles. The molecule has 9 heteroatoms. The number of rotatable bonds is 6. The Morgan fingerprint density at radius 2 is 2.11 bits per heavy atom. The predicted molar refractivity (Wildman–Crippen MR) is 144 cm³/mol. The summed E-state index contributed by atoms with van der Waals surface area (Å²) in [7, 11) is 0. The smallest absolute Gasteiger partial charge is 0.375 e. The van der Waals surface area contributed by atoms with Gasteiger partial charge in [-0.2, -0.15) is 0 Å². The van der Waals surface area contributed by atoms with Crippen molar-refractivity contribution in [3.63, 3.8) is 0 Å². The number of aromatic nitrogens is 1. The Morgan fingerprint density at radius 1 is 1.24 bits per heavy atom. The molecule has 2 fully saturated rings. The Labute approximate surface area is 229 Å². The summed E-state index contributed by atoms with van der Waals surface area (Å²) in [4.78, 5) is 33.3. The van der Waals surface area contributed by atoms with Crippen molar-refractivity contribution in [2.24, 2.45) is 11.8 Å².